The fourth-order valence-corrected chi connectivity index (χ4v) is 4.68. The zero-order chi connectivity index (χ0) is 21.3. The van der Waals surface area contributed by atoms with Crippen LogP contribution in [0.3, 0.4) is 0 Å². The lowest BCUT2D eigenvalue weighted by Gasteiger charge is -2.24. The second-order valence-corrected chi connectivity index (χ2v) is 8.56. The highest BCUT2D eigenvalue weighted by Gasteiger charge is 2.33. The van der Waals surface area contributed by atoms with Gasteiger partial charge in [0.25, 0.3) is 5.56 Å². The van der Waals surface area contributed by atoms with Gasteiger partial charge in [-0.05, 0) is 49.2 Å². The number of thiazole rings is 1. The van der Waals surface area contributed by atoms with Crippen molar-refractivity contribution < 1.29 is 9.53 Å². The lowest BCUT2D eigenvalue weighted by molar-refractivity contribution is -0.139. The molecule has 0 radical (unpaired) electrons. The quantitative estimate of drug-likeness (QED) is 0.534. The molecule has 0 spiro atoms. The summed E-state index contributed by atoms with van der Waals surface area (Å²) in [7, 11) is 0. The first-order chi connectivity index (χ1) is 14.5. The summed E-state index contributed by atoms with van der Waals surface area (Å²) < 4.78 is 8.31. The Labute approximate surface area is 185 Å². The summed E-state index contributed by atoms with van der Waals surface area (Å²) in [4.78, 5) is 35.4. The Balaban J connectivity index is 1.96. The highest BCUT2D eigenvalue weighted by Crippen LogP contribution is 2.31. The van der Waals surface area contributed by atoms with E-state index in [0.717, 1.165) is 15.6 Å². The minimum Gasteiger partial charge on any atom is -0.463 e. The number of hydrogen-bond acceptors (Lipinski definition) is 6. The van der Waals surface area contributed by atoms with Crippen molar-refractivity contribution >= 4 is 39.3 Å². The van der Waals surface area contributed by atoms with E-state index in [4.69, 9.17) is 4.74 Å². The zero-order valence-corrected chi connectivity index (χ0v) is 18.7. The number of ether oxygens (including phenoxy) is 1. The molecular weight excluding hydrogens is 466 g/mol. The first kappa shape index (κ1) is 20.4. The Hall–Kier alpha value is -2.84. The number of fused-ring (bicyclic) bond motifs is 1. The van der Waals surface area contributed by atoms with Gasteiger partial charge in [-0.2, -0.15) is 0 Å². The molecular formula is C22H18BrN3O3S. The van der Waals surface area contributed by atoms with Crippen LogP contribution in [0.25, 0.3) is 6.08 Å². The Kier molecular flexibility index (Phi) is 5.78. The fraction of sp³-hybridized carbons (Fsp3) is 0.182. The van der Waals surface area contributed by atoms with E-state index in [1.54, 1.807) is 36.9 Å². The average Bonchev–Trinajstić information content (AvgIpc) is 3.03. The van der Waals surface area contributed by atoms with Crippen molar-refractivity contribution in [3.05, 3.63) is 95.3 Å². The topological polar surface area (TPSA) is 73.6 Å². The van der Waals surface area contributed by atoms with E-state index in [1.807, 2.05) is 36.4 Å². The first-order valence-corrected chi connectivity index (χ1v) is 11.0. The molecule has 0 N–H and O–H groups in total. The summed E-state index contributed by atoms with van der Waals surface area (Å²) in [5.74, 6) is -0.465. The summed E-state index contributed by atoms with van der Waals surface area (Å²) >= 11 is 4.73. The second kappa shape index (κ2) is 8.49. The van der Waals surface area contributed by atoms with Gasteiger partial charge < -0.3 is 4.74 Å². The Bertz CT molecular complexity index is 1310. The van der Waals surface area contributed by atoms with Gasteiger partial charge in [0.1, 0.15) is 0 Å². The Morgan fingerprint density at radius 3 is 2.73 bits per heavy atom. The van der Waals surface area contributed by atoms with Crippen LogP contribution in [0.1, 0.15) is 31.0 Å². The van der Waals surface area contributed by atoms with Crippen molar-refractivity contribution in [2.75, 3.05) is 6.61 Å². The van der Waals surface area contributed by atoms with Crippen LogP contribution in [0.5, 0.6) is 0 Å². The molecule has 3 heterocycles. The minimum atomic E-state index is -0.607. The van der Waals surface area contributed by atoms with Gasteiger partial charge in [-0.15, -0.1) is 0 Å². The van der Waals surface area contributed by atoms with Crippen molar-refractivity contribution in [1.29, 1.82) is 0 Å². The molecule has 0 amide bonds. The smallest absolute Gasteiger partial charge is 0.338 e. The number of allylic oxidation sites excluding steroid dienone is 1. The molecule has 0 bridgehead atoms. The monoisotopic (exact) mass is 483 g/mol. The molecule has 1 aromatic carbocycles. The number of benzene rings is 1. The molecule has 0 aliphatic carbocycles. The fourth-order valence-electron chi connectivity index (χ4n) is 3.36. The second-order valence-electron chi connectivity index (χ2n) is 6.64. The van der Waals surface area contributed by atoms with Crippen molar-refractivity contribution in [3.8, 4) is 0 Å². The molecule has 1 aliphatic heterocycles. The van der Waals surface area contributed by atoms with Crippen LogP contribution in [0.4, 0.5) is 0 Å². The molecule has 2 aromatic heterocycles. The zero-order valence-electron chi connectivity index (χ0n) is 16.3. The van der Waals surface area contributed by atoms with E-state index in [9.17, 15) is 9.59 Å². The van der Waals surface area contributed by atoms with Gasteiger partial charge in [0.15, 0.2) is 4.80 Å². The van der Waals surface area contributed by atoms with E-state index in [2.05, 4.69) is 25.9 Å². The third-order valence-electron chi connectivity index (χ3n) is 4.68. The van der Waals surface area contributed by atoms with Crippen LogP contribution < -0.4 is 14.9 Å². The van der Waals surface area contributed by atoms with E-state index < -0.39 is 12.0 Å². The third kappa shape index (κ3) is 3.80. The van der Waals surface area contributed by atoms with Gasteiger partial charge in [-0.1, -0.05) is 45.5 Å². The SMILES string of the molecule is CCOC(=O)C1=C(C)N=c2s/c(=C/c3cccnc3)c(=O)n2C1c1ccc(Br)cc1. The molecule has 0 saturated carbocycles. The number of halogens is 1. The Morgan fingerprint density at radius 2 is 2.07 bits per heavy atom. The summed E-state index contributed by atoms with van der Waals surface area (Å²) in [5.41, 5.74) is 2.36. The standard InChI is InChI=1S/C22H18BrN3O3S/c1-3-29-21(28)18-13(2)25-22-26(19(18)15-6-8-16(23)9-7-15)20(27)17(30-22)11-14-5-4-10-24-12-14/h4-12,19H,3H2,1-2H3/b17-11+. The maximum absolute atomic E-state index is 13.4. The van der Waals surface area contributed by atoms with Gasteiger partial charge in [-0.25, -0.2) is 9.79 Å². The molecule has 30 heavy (non-hydrogen) atoms. The molecule has 4 rings (SSSR count). The minimum absolute atomic E-state index is 0.204. The third-order valence-corrected chi connectivity index (χ3v) is 6.20. The van der Waals surface area contributed by atoms with Crippen LogP contribution in [-0.2, 0) is 9.53 Å². The molecule has 3 aromatic rings. The van der Waals surface area contributed by atoms with Gasteiger partial charge in [0.2, 0.25) is 0 Å². The van der Waals surface area contributed by atoms with E-state index in [1.165, 1.54) is 11.3 Å². The molecule has 1 aliphatic rings. The molecule has 152 valence electrons. The predicted octanol–water partition coefficient (Wildman–Crippen LogP) is 2.96. The molecule has 8 heteroatoms. The average molecular weight is 484 g/mol. The largest absolute Gasteiger partial charge is 0.463 e. The van der Waals surface area contributed by atoms with E-state index >= 15 is 0 Å². The predicted molar refractivity (Wildman–Crippen MR) is 119 cm³/mol. The van der Waals surface area contributed by atoms with Gasteiger partial charge in [-0.3, -0.25) is 14.3 Å². The van der Waals surface area contributed by atoms with Crippen molar-refractivity contribution in [2.24, 2.45) is 4.99 Å². The van der Waals surface area contributed by atoms with Gasteiger partial charge in [0.05, 0.1) is 28.5 Å². The molecule has 0 saturated heterocycles. The van der Waals surface area contributed by atoms with E-state index in [0.29, 0.717) is 20.6 Å². The highest BCUT2D eigenvalue weighted by molar-refractivity contribution is 9.10. The van der Waals surface area contributed by atoms with Crippen molar-refractivity contribution in [3.63, 3.8) is 0 Å². The maximum atomic E-state index is 13.4. The summed E-state index contributed by atoms with van der Waals surface area (Å²) in [6.45, 7) is 3.77. The van der Waals surface area contributed by atoms with Crippen LogP contribution >= 0.6 is 27.3 Å². The number of carbonyl (C=O) groups is 1. The summed E-state index contributed by atoms with van der Waals surface area (Å²) in [5, 5.41) is 0. The van der Waals surface area contributed by atoms with Crippen LogP contribution in [0.2, 0.25) is 0 Å². The number of pyridine rings is 1. The molecule has 6 nitrogen and oxygen atoms in total. The van der Waals surface area contributed by atoms with E-state index in [-0.39, 0.29) is 12.2 Å². The first-order valence-electron chi connectivity index (χ1n) is 9.34. The number of hydrogen-bond donors (Lipinski definition) is 0. The molecule has 0 fully saturated rings. The summed E-state index contributed by atoms with van der Waals surface area (Å²) in [6.07, 6.45) is 5.17. The van der Waals surface area contributed by atoms with Crippen LogP contribution in [0, 0.1) is 0 Å². The van der Waals surface area contributed by atoms with Crippen LogP contribution in [0.15, 0.2) is 74.3 Å². The lowest BCUT2D eigenvalue weighted by atomic mass is 9.96. The maximum Gasteiger partial charge on any atom is 0.338 e. The van der Waals surface area contributed by atoms with Crippen LogP contribution in [-0.4, -0.2) is 22.1 Å². The normalized spacial score (nSPS) is 16.2. The number of rotatable bonds is 4. The highest BCUT2D eigenvalue weighted by atomic mass is 79.9. The van der Waals surface area contributed by atoms with Gasteiger partial charge >= 0.3 is 5.97 Å². The number of carbonyl (C=O) groups excluding carboxylic acids is 1. The number of aromatic nitrogens is 2. The Morgan fingerprint density at radius 1 is 1.30 bits per heavy atom. The lowest BCUT2D eigenvalue weighted by Crippen LogP contribution is -2.39. The molecule has 1 unspecified atom stereocenters. The number of esters is 1. The van der Waals surface area contributed by atoms with Gasteiger partial charge in [0, 0.05) is 16.9 Å². The van der Waals surface area contributed by atoms with Crippen molar-refractivity contribution in [2.45, 2.75) is 19.9 Å². The summed E-state index contributed by atoms with van der Waals surface area (Å²) in [6, 6.07) is 10.7. The van der Waals surface area contributed by atoms with Crippen molar-refractivity contribution in [1.82, 2.24) is 9.55 Å². The number of nitrogens with zero attached hydrogens (tertiary/aromatic N) is 3. The molecule has 1 atom stereocenters.